The molecule has 1 N–H and O–H groups in total. The molecular formula is C12H18N4S2. The van der Waals surface area contributed by atoms with Crippen LogP contribution < -0.4 is 5.32 Å². The Bertz CT molecular complexity index is 455. The Labute approximate surface area is 116 Å². The van der Waals surface area contributed by atoms with Gasteiger partial charge in [-0.1, -0.05) is 0 Å². The summed E-state index contributed by atoms with van der Waals surface area (Å²) in [4.78, 5) is 12.3. The highest BCUT2D eigenvalue weighted by molar-refractivity contribution is 7.16. The lowest BCUT2D eigenvalue weighted by atomic mass is 10.4. The van der Waals surface area contributed by atoms with E-state index in [-0.39, 0.29) is 0 Å². The molecule has 0 bridgehead atoms. The Morgan fingerprint density at radius 2 is 2.17 bits per heavy atom. The number of thiazole rings is 2. The molecule has 0 saturated carbocycles. The number of hydrogen-bond donors (Lipinski definition) is 1. The summed E-state index contributed by atoms with van der Waals surface area (Å²) < 4.78 is 0. The van der Waals surface area contributed by atoms with E-state index in [9.17, 15) is 0 Å². The van der Waals surface area contributed by atoms with Crippen LogP contribution in [0, 0.1) is 0 Å². The van der Waals surface area contributed by atoms with Gasteiger partial charge in [0, 0.05) is 24.2 Å². The summed E-state index contributed by atoms with van der Waals surface area (Å²) in [7, 11) is 4.10. The van der Waals surface area contributed by atoms with Crippen molar-refractivity contribution in [1.82, 2.24) is 14.9 Å². The lowest BCUT2D eigenvalue weighted by Crippen LogP contribution is -2.09. The van der Waals surface area contributed by atoms with Gasteiger partial charge in [-0.15, -0.1) is 22.7 Å². The third-order valence-corrected chi connectivity index (χ3v) is 3.95. The van der Waals surface area contributed by atoms with E-state index in [0.717, 1.165) is 27.3 Å². The molecule has 18 heavy (non-hydrogen) atoms. The van der Waals surface area contributed by atoms with Crippen molar-refractivity contribution < 1.29 is 0 Å². The molecule has 0 unspecified atom stereocenters. The van der Waals surface area contributed by atoms with Crippen LogP contribution in [-0.2, 0) is 6.54 Å². The van der Waals surface area contributed by atoms with Crippen molar-refractivity contribution in [2.45, 2.75) is 26.4 Å². The summed E-state index contributed by atoms with van der Waals surface area (Å²) in [5.74, 6) is 0. The van der Waals surface area contributed by atoms with Gasteiger partial charge in [0.25, 0.3) is 0 Å². The molecule has 2 rings (SSSR count). The minimum absolute atomic E-state index is 0.412. The molecule has 98 valence electrons. The lowest BCUT2D eigenvalue weighted by Gasteiger charge is -2.04. The molecule has 0 radical (unpaired) electrons. The van der Waals surface area contributed by atoms with Crippen LogP contribution in [0.15, 0.2) is 11.6 Å². The first-order chi connectivity index (χ1) is 8.54. The van der Waals surface area contributed by atoms with E-state index in [2.05, 4.69) is 53.5 Å². The van der Waals surface area contributed by atoms with E-state index >= 15 is 0 Å². The lowest BCUT2D eigenvalue weighted by molar-refractivity contribution is 0.401. The normalized spacial score (nSPS) is 11.4. The molecule has 2 heterocycles. The summed E-state index contributed by atoms with van der Waals surface area (Å²) in [6, 6.07) is 0.412. The standard InChI is InChI=1S/C12H18N4S2/c1-8(2)14-12-15-9(7-17-12)10-5-13-11(18-10)6-16(3)4/h5,7-8H,6H2,1-4H3,(H,14,15). The summed E-state index contributed by atoms with van der Waals surface area (Å²) in [6.07, 6.45) is 1.91. The molecule has 0 aromatic carbocycles. The molecule has 4 nitrogen and oxygen atoms in total. The van der Waals surface area contributed by atoms with Gasteiger partial charge in [0.2, 0.25) is 0 Å². The number of rotatable bonds is 5. The molecule has 0 saturated heterocycles. The number of nitrogens with one attached hydrogen (secondary N) is 1. The molecule has 6 heteroatoms. The maximum absolute atomic E-state index is 4.58. The van der Waals surface area contributed by atoms with Crippen LogP contribution in [0.3, 0.4) is 0 Å². The summed E-state index contributed by atoms with van der Waals surface area (Å²) in [5, 5.41) is 7.50. The van der Waals surface area contributed by atoms with Crippen LogP contribution >= 0.6 is 22.7 Å². The van der Waals surface area contributed by atoms with Crippen LogP contribution in [-0.4, -0.2) is 35.0 Å². The van der Waals surface area contributed by atoms with Gasteiger partial charge in [-0.05, 0) is 27.9 Å². The van der Waals surface area contributed by atoms with Crippen LogP contribution in [0.5, 0.6) is 0 Å². The minimum atomic E-state index is 0.412. The van der Waals surface area contributed by atoms with E-state index in [0.29, 0.717) is 6.04 Å². The van der Waals surface area contributed by atoms with Gasteiger partial charge in [0.1, 0.15) is 5.01 Å². The molecule has 0 atom stereocenters. The van der Waals surface area contributed by atoms with Crippen LogP contribution in [0.25, 0.3) is 10.6 Å². The van der Waals surface area contributed by atoms with Gasteiger partial charge in [-0.25, -0.2) is 9.97 Å². The monoisotopic (exact) mass is 282 g/mol. The number of anilines is 1. The van der Waals surface area contributed by atoms with Crippen LogP contribution in [0.2, 0.25) is 0 Å². The predicted octanol–water partition coefficient (Wildman–Crippen LogP) is 3.15. The second kappa shape index (κ2) is 5.77. The zero-order valence-electron chi connectivity index (χ0n) is 11.1. The average molecular weight is 282 g/mol. The van der Waals surface area contributed by atoms with Gasteiger partial charge >= 0.3 is 0 Å². The quantitative estimate of drug-likeness (QED) is 0.914. The molecule has 0 fully saturated rings. The molecule has 0 amide bonds. The van der Waals surface area contributed by atoms with Crippen molar-refractivity contribution in [3.05, 3.63) is 16.6 Å². The number of aromatic nitrogens is 2. The topological polar surface area (TPSA) is 41.1 Å². The van der Waals surface area contributed by atoms with E-state index in [1.165, 1.54) is 0 Å². The predicted molar refractivity (Wildman–Crippen MR) is 79.4 cm³/mol. The number of hydrogen-bond acceptors (Lipinski definition) is 6. The van der Waals surface area contributed by atoms with Crippen molar-refractivity contribution in [2.75, 3.05) is 19.4 Å². The largest absolute Gasteiger partial charge is 0.359 e. The van der Waals surface area contributed by atoms with Gasteiger partial charge in [0.15, 0.2) is 5.13 Å². The second-order valence-corrected chi connectivity index (χ2v) is 6.67. The maximum Gasteiger partial charge on any atom is 0.183 e. The maximum atomic E-state index is 4.58. The van der Waals surface area contributed by atoms with Crippen molar-refractivity contribution >= 4 is 27.8 Å². The number of nitrogens with zero attached hydrogens (tertiary/aromatic N) is 3. The molecule has 2 aromatic rings. The molecule has 0 aliphatic heterocycles. The average Bonchev–Trinajstić information content (AvgIpc) is 2.85. The molecular weight excluding hydrogens is 264 g/mol. The smallest absolute Gasteiger partial charge is 0.183 e. The molecule has 0 aliphatic carbocycles. The third-order valence-electron chi connectivity index (χ3n) is 2.17. The van der Waals surface area contributed by atoms with Crippen LogP contribution in [0.1, 0.15) is 18.9 Å². The third kappa shape index (κ3) is 3.51. The Kier molecular flexibility index (Phi) is 4.31. The zero-order chi connectivity index (χ0) is 13.1. The summed E-state index contributed by atoms with van der Waals surface area (Å²) >= 11 is 3.35. The first kappa shape index (κ1) is 13.5. The van der Waals surface area contributed by atoms with Gasteiger partial charge in [-0.3, -0.25) is 0 Å². The summed E-state index contributed by atoms with van der Waals surface area (Å²) in [5.41, 5.74) is 1.02. The Morgan fingerprint density at radius 3 is 2.83 bits per heavy atom. The Hall–Kier alpha value is -0.980. The minimum Gasteiger partial charge on any atom is -0.359 e. The fourth-order valence-electron chi connectivity index (χ4n) is 1.47. The second-order valence-electron chi connectivity index (χ2n) is 4.69. The molecule has 0 spiro atoms. The SMILES string of the molecule is CC(C)Nc1nc(-c2cnc(CN(C)C)s2)cs1. The Morgan fingerprint density at radius 1 is 1.39 bits per heavy atom. The Balaban J connectivity index is 2.11. The molecule has 0 aliphatic rings. The van der Waals surface area contributed by atoms with Crippen molar-refractivity contribution in [3.63, 3.8) is 0 Å². The van der Waals surface area contributed by atoms with E-state index in [4.69, 9.17) is 0 Å². The van der Waals surface area contributed by atoms with E-state index < -0.39 is 0 Å². The van der Waals surface area contributed by atoms with Crippen molar-refractivity contribution in [2.24, 2.45) is 0 Å². The highest BCUT2D eigenvalue weighted by Gasteiger charge is 2.09. The highest BCUT2D eigenvalue weighted by atomic mass is 32.1. The fraction of sp³-hybridized carbons (Fsp3) is 0.500. The van der Waals surface area contributed by atoms with E-state index in [1.807, 2.05) is 6.20 Å². The van der Waals surface area contributed by atoms with Crippen LogP contribution in [0.4, 0.5) is 5.13 Å². The van der Waals surface area contributed by atoms with E-state index in [1.54, 1.807) is 22.7 Å². The first-order valence-corrected chi connectivity index (χ1v) is 7.56. The van der Waals surface area contributed by atoms with Crippen molar-refractivity contribution in [3.8, 4) is 10.6 Å². The summed E-state index contributed by atoms with van der Waals surface area (Å²) in [6.45, 7) is 5.11. The van der Waals surface area contributed by atoms with Crippen molar-refractivity contribution in [1.29, 1.82) is 0 Å². The highest BCUT2D eigenvalue weighted by Crippen LogP contribution is 2.29. The fourth-order valence-corrected chi connectivity index (χ4v) is 3.40. The van der Waals surface area contributed by atoms with Gasteiger partial charge < -0.3 is 10.2 Å². The molecule has 2 aromatic heterocycles. The van der Waals surface area contributed by atoms with Gasteiger partial charge in [-0.2, -0.15) is 0 Å². The first-order valence-electron chi connectivity index (χ1n) is 5.86. The van der Waals surface area contributed by atoms with Gasteiger partial charge in [0.05, 0.1) is 10.6 Å². The zero-order valence-corrected chi connectivity index (χ0v) is 12.7.